The Morgan fingerprint density at radius 1 is 1.15 bits per heavy atom. The Balaban J connectivity index is 2.21. The fourth-order valence-corrected chi connectivity index (χ4v) is 4.01. The predicted octanol–water partition coefficient (Wildman–Crippen LogP) is 6.03. The second-order valence-electron chi connectivity index (χ2n) is 6.86. The number of ether oxygens (including phenoxy) is 2. The average Bonchev–Trinajstić information content (AvgIpc) is 2.80. The minimum absolute atomic E-state index is 0.0278. The van der Waals surface area contributed by atoms with Gasteiger partial charge in [0.25, 0.3) is 0 Å². The molecule has 0 N–H and O–H groups in total. The lowest BCUT2D eigenvalue weighted by molar-refractivity contribution is -0.135. The fraction of sp³-hybridized carbons (Fsp3) is 0.261. The number of pyridine rings is 1. The van der Waals surface area contributed by atoms with Crippen LogP contribution in [0.25, 0.3) is 10.9 Å². The Labute approximate surface area is 197 Å². The van der Waals surface area contributed by atoms with Gasteiger partial charge in [0.2, 0.25) is 0 Å². The van der Waals surface area contributed by atoms with Gasteiger partial charge < -0.3 is 9.47 Å². The molecule has 0 radical (unpaired) electrons. The number of esters is 2. The van der Waals surface area contributed by atoms with Crippen LogP contribution < -0.4 is 4.74 Å². The van der Waals surface area contributed by atoms with Crippen molar-refractivity contribution in [2.45, 2.75) is 29.5 Å². The number of carbonyl (C=O) groups excluding carboxylic acids is 2. The van der Waals surface area contributed by atoms with Crippen LogP contribution in [0, 0.1) is 11.6 Å². The van der Waals surface area contributed by atoms with Gasteiger partial charge in [-0.3, -0.25) is 4.79 Å². The van der Waals surface area contributed by atoms with E-state index in [0.29, 0.717) is 17.3 Å². The van der Waals surface area contributed by atoms with Crippen molar-refractivity contribution in [1.29, 1.82) is 0 Å². The Morgan fingerprint density at radius 2 is 1.82 bits per heavy atom. The highest BCUT2D eigenvalue weighted by atomic mass is 35.5. The van der Waals surface area contributed by atoms with E-state index in [1.54, 1.807) is 44.2 Å². The predicted molar refractivity (Wildman–Crippen MR) is 120 cm³/mol. The Kier molecular flexibility index (Phi) is 8.20. The molecule has 0 aliphatic rings. The van der Waals surface area contributed by atoms with Crippen molar-refractivity contribution in [2.24, 2.45) is 0 Å². The van der Waals surface area contributed by atoms with E-state index in [1.165, 1.54) is 0 Å². The zero-order chi connectivity index (χ0) is 24.1. The normalized spacial score (nSPS) is 12.9. The number of benzene rings is 2. The van der Waals surface area contributed by atoms with Crippen molar-refractivity contribution < 1.29 is 32.2 Å². The molecule has 174 valence electrons. The third-order valence-corrected chi connectivity index (χ3v) is 5.93. The molecule has 0 amide bonds. The molecule has 2 aromatic carbocycles. The summed E-state index contributed by atoms with van der Waals surface area (Å²) in [5.41, 5.74) is 0.207. The van der Waals surface area contributed by atoms with E-state index in [4.69, 9.17) is 21.1 Å². The topological polar surface area (TPSA) is 65.5 Å². The first kappa shape index (κ1) is 24.9. The molecule has 10 heteroatoms. The first-order valence-corrected chi connectivity index (χ1v) is 11.2. The maximum absolute atomic E-state index is 14.1. The quantitative estimate of drug-likeness (QED) is 0.215. The van der Waals surface area contributed by atoms with Crippen molar-refractivity contribution in [3.05, 3.63) is 65.2 Å². The number of hydrogen-bond acceptors (Lipinski definition) is 6. The zero-order valence-corrected chi connectivity index (χ0v) is 19.2. The summed E-state index contributed by atoms with van der Waals surface area (Å²) in [6.45, 7) is 2.16. The monoisotopic (exact) mass is 497 g/mol. The summed E-state index contributed by atoms with van der Waals surface area (Å²) in [5, 5.41) is -0.263. The van der Waals surface area contributed by atoms with Crippen LogP contribution in [0.1, 0.15) is 35.7 Å². The summed E-state index contributed by atoms with van der Waals surface area (Å²) < 4.78 is 50.6. The summed E-state index contributed by atoms with van der Waals surface area (Å²) in [5.74, 6) is -5.23. The number of thioether (sulfide) groups is 1. The second-order valence-corrected chi connectivity index (χ2v) is 8.84. The molecular formula is C23H19ClF3NO4S. The van der Waals surface area contributed by atoms with Crippen molar-refractivity contribution in [3.8, 4) is 5.75 Å². The highest BCUT2D eigenvalue weighted by Crippen LogP contribution is 2.39. The molecule has 0 bridgehead atoms. The number of hydrogen-bond donors (Lipinski definition) is 0. The van der Waals surface area contributed by atoms with E-state index in [1.807, 2.05) is 0 Å². The van der Waals surface area contributed by atoms with Gasteiger partial charge in [-0.25, -0.2) is 22.9 Å². The van der Waals surface area contributed by atoms with Gasteiger partial charge in [0, 0.05) is 11.5 Å². The number of aromatic nitrogens is 1. The van der Waals surface area contributed by atoms with Gasteiger partial charge in [0.1, 0.15) is 22.0 Å². The molecule has 1 unspecified atom stereocenters. The molecule has 0 saturated carbocycles. The van der Waals surface area contributed by atoms with Crippen LogP contribution in [0.4, 0.5) is 13.2 Å². The van der Waals surface area contributed by atoms with E-state index in [2.05, 4.69) is 4.98 Å². The molecule has 33 heavy (non-hydrogen) atoms. The van der Waals surface area contributed by atoms with Crippen molar-refractivity contribution in [2.75, 3.05) is 13.3 Å². The maximum atomic E-state index is 14.1. The van der Waals surface area contributed by atoms with Crippen LogP contribution in [0.2, 0.25) is 0 Å². The molecule has 0 aliphatic heterocycles. The lowest BCUT2D eigenvalue weighted by Crippen LogP contribution is -2.20. The van der Waals surface area contributed by atoms with Gasteiger partial charge in [-0.15, -0.1) is 11.6 Å². The van der Waals surface area contributed by atoms with Crippen LogP contribution in [0.5, 0.6) is 5.75 Å². The fourth-order valence-electron chi connectivity index (χ4n) is 3.00. The lowest BCUT2D eigenvalue weighted by Gasteiger charge is -2.18. The molecule has 0 aliphatic carbocycles. The van der Waals surface area contributed by atoms with Gasteiger partial charge in [-0.05, 0) is 25.5 Å². The van der Waals surface area contributed by atoms with Gasteiger partial charge >= 0.3 is 11.9 Å². The summed E-state index contributed by atoms with van der Waals surface area (Å²) in [6.07, 6.45) is 0. The average molecular weight is 498 g/mol. The molecule has 3 aromatic rings. The number of nitrogens with zero attached hydrogens (tertiary/aromatic N) is 1. The first-order chi connectivity index (χ1) is 15.8. The van der Waals surface area contributed by atoms with E-state index in [0.717, 1.165) is 12.1 Å². The molecular weight excluding hydrogens is 479 g/mol. The standard InChI is InChI=1S/C23H19ClF3NO4S/c1-3-31-23(30)19-20(32-22(29)12(2)13-7-5-4-6-8-13)14-9-15(26)16(27)10-17(14)28-21(19)33-18(24)11-25/h4-10,12,18H,3,11H2,1-2H3/t12-,18?/m1/s1. The lowest BCUT2D eigenvalue weighted by atomic mass is 10.0. The SMILES string of the molecule is CCOC(=O)c1c(SC(Cl)CF)nc2cc(F)c(F)cc2c1OC(=O)[C@H](C)c1ccccc1. The molecule has 3 rings (SSSR count). The summed E-state index contributed by atoms with van der Waals surface area (Å²) in [7, 11) is 0. The second kappa shape index (κ2) is 10.9. The third-order valence-electron chi connectivity index (χ3n) is 4.64. The zero-order valence-electron chi connectivity index (χ0n) is 17.6. The smallest absolute Gasteiger partial charge is 0.344 e. The molecule has 0 saturated heterocycles. The van der Waals surface area contributed by atoms with Crippen molar-refractivity contribution in [3.63, 3.8) is 0 Å². The Morgan fingerprint density at radius 3 is 2.45 bits per heavy atom. The Hall–Kier alpha value is -2.78. The third kappa shape index (κ3) is 5.59. The van der Waals surface area contributed by atoms with Crippen molar-refractivity contribution >= 4 is 46.2 Å². The summed E-state index contributed by atoms with van der Waals surface area (Å²) >= 11 is 6.57. The highest BCUT2D eigenvalue weighted by Gasteiger charge is 2.29. The molecule has 0 fully saturated rings. The van der Waals surface area contributed by atoms with Crippen LogP contribution in [-0.2, 0) is 9.53 Å². The number of halogens is 4. The Bertz CT molecular complexity index is 1180. The number of fused-ring (bicyclic) bond motifs is 1. The molecule has 2 atom stereocenters. The minimum Gasteiger partial charge on any atom is -0.462 e. The van der Waals surface area contributed by atoms with E-state index in [-0.39, 0.29) is 33.8 Å². The maximum Gasteiger partial charge on any atom is 0.344 e. The molecule has 1 aromatic heterocycles. The van der Waals surface area contributed by atoms with E-state index >= 15 is 0 Å². The molecule has 0 spiro atoms. The van der Waals surface area contributed by atoms with Crippen LogP contribution in [-0.4, -0.2) is 34.9 Å². The van der Waals surface area contributed by atoms with Crippen molar-refractivity contribution in [1.82, 2.24) is 4.98 Å². The minimum atomic E-state index is -1.23. The largest absolute Gasteiger partial charge is 0.462 e. The van der Waals surface area contributed by atoms with E-state index in [9.17, 15) is 22.8 Å². The number of alkyl halides is 2. The summed E-state index contributed by atoms with van der Waals surface area (Å²) in [6, 6.07) is 10.3. The number of carbonyl (C=O) groups is 2. The van der Waals surface area contributed by atoms with Gasteiger partial charge in [-0.1, -0.05) is 42.1 Å². The van der Waals surface area contributed by atoms with Gasteiger partial charge in [-0.2, -0.15) is 0 Å². The first-order valence-electron chi connectivity index (χ1n) is 9.90. The van der Waals surface area contributed by atoms with Gasteiger partial charge in [0.15, 0.2) is 17.4 Å². The molecule has 5 nitrogen and oxygen atoms in total. The summed E-state index contributed by atoms with van der Waals surface area (Å²) in [4.78, 5) is 29.9. The van der Waals surface area contributed by atoms with Crippen LogP contribution >= 0.6 is 23.4 Å². The number of rotatable bonds is 8. The van der Waals surface area contributed by atoms with Crippen LogP contribution in [0.15, 0.2) is 47.5 Å². The van der Waals surface area contributed by atoms with Crippen LogP contribution in [0.3, 0.4) is 0 Å². The highest BCUT2D eigenvalue weighted by molar-refractivity contribution is 8.01. The van der Waals surface area contributed by atoms with E-state index < -0.39 is 40.9 Å². The van der Waals surface area contributed by atoms with Gasteiger partial charge in [0.05, 0.1) is 18.0 Å². The molecule has 1 heterocycles.